The van der Waals surface area contributed by atoms with Crippen molar-refractivity contribution < 1.29 is 8.78 Å². The van der Waals surface area contributed by atoms with Gasteiger partial charge in [-0.25, -0.2) is 8.78 Å². The standard InChI is InChI=1S/C9H5F2N/c10-7-5-12-8-4-2-1-3-6(8)9(7)11/h1-5H. The molecule has 2 rings (SSSR count). The van der Waals surface area contributed by atoms with Crippen LogP contribution in [0.25, 0.3) is 10.9 Å². The molecule has 1 nitrogen and oxygen atoms in total. The summed E-state index contributed by atoms with van der Waals surface area (Å²) in [6.45, 7) is 0. The van der Waals surface area contributed by atoms with Crippen molar-refractivity contribution >= 4 is 10.9 Å². The van der Waals surface area contributed by atoms with Crippen molar-refractivity contribution in [3.63, 3.8) is 0 Å². The van der Waals surface area contributed by atoms with Gasteiger partial charge in [-0.15, -0.1) is 0 Å². The lowest BCUT2D eigenvalue weighted by Gasteiger charge is -1.97. The van der Waals surface area contributed by atoms with Crippen LogP contribution in [0.2, 0.25) is 0 Å². The van der Waals surface area contributed by atoms with Crippen LogP contribution in [0.1, 0.15) is 0 Å². The largest absolute Gasteiger partial charge is 0.253 e. The van der Waals surface area contributed by atoms with Crippen LogP contribution in [0.5, 0.6) is 0 Å². The second-order valence-corrected chi connectivity index (χ2v) is 2.44. The summed E-state index contributed by atoms with van der Waals surface area (Å²) < 4.78 is 25.6. The molecule has 0 unspecified atom stereocenters. The van der Waals surface area contributed by atoms with Crippen LogP contribution in [0, 0.1) is 11.6 Å². The Kier molecular flexibility index (Phi) is 1.50. The first kappa shape index (κ1) is 7.16. The first-order valence-corrected chi connectivity index (χ1v) is 3.48. The summed E-state index contributed by atoms with van der Waals surface area (Å²) in [6.07, 6.45) is 0.887. The van der Waals surface area contributed by atoms with Crippen molar-refractivity contribution in [1.82, 2.24) is 4.98 Å². The minimum Gasteiger partial charge on any atom is -0.253 e. The Labute approximate surface area is 67.7 Å². The van der Waals surface area contributed by atoms with Crippen LogP contribution in [-0.4, -0.2) is 4.98 Å². The van der Waals surface area contributed by atoms with Gasteiger partial charge in [0.1, 0.15) is 0 Å². The highest BCUT2D eigenvalue weighted by atomic mass is 19.2. The van der Waals surface area contributed by atoms with E-state index in [-0.39, 0.29) is 5.39 Å². The summed E-state index contributed by atoms with van der Waals surface area (Å²) >= 11 is 0. The van der Waals surface area contributed by atoms with E-state index in [1.54, 1.807) is 18.2 Å². The third kappa shape index (κ3) is 0.942. The molecular weight excluding hydrogens is 160 g/mol. The Morgan fingerprint density at radius 2 is 1.83 bits per heavy atom. The van der Waals surface area contributed by atoms with Crippen molar-refractivity contribution in [2.45, 2.75) is 0 Å². The lowest BCUT2D eigenvalue weighted by molar-refractivity contribution is 0.513. The summed E-state index contributed by atoms with van der Waals surface area (Å²) in [5.41, 5.74) is 0.469. The molecule has 0 bridgehead atoms. The number of benzene rings is 1. The molecule has 0 aliphatic heterocycles. The lowest BCUT2D eigenvalue weighted by Crippen LogP contribution is -1.88. The molecule has 0 atom stereocenters. The zero-order valence-corrected chi connectivity index (χ0v) is 6.09. The molecule has 1 aromatic carbocycles. The summed E-state index contributed by atoms with van der Waals surface area (Å²) in [6, 6.07) is 6.51. The molecule has 0 aliphatic carbocycles. The fourth-order valence-electron chi connectivity index (χ4n) is 1.08. The average Bonchev–Trinajstić information content (AvgIpc) is 2.12. The minimum absolute atomic E-state index is 0.220. The number of hydrogen-bond acceptors (Lipinski definition) is 1. The number of halogens is 2. The first-order valence-electron chi connectivity index (χ1n) is 3.48. The number of para-hydroxylation sites is 1. The molecule has 2 aromatic rings. The van der Waals surface area contributed by atoms with Gasteiger partial charge < -0.3 is 0 Å². The molecule has 0 saturated carbocycles. The maximum atomic E-state index is 13.0. The van der Waals surface area contributed by atoms with E-state index in [2.05, 4.69) is 4.98 Å². The summed E-state index contributed by atoms with van der Waals surface area (Å²) in [5.74, 6) is -1.74. The van der Waals surface area contributed by atoms with Gasteiger partial charge in [-0.05, 0) is 12.1 Å². The normalized spacial score (nSPS) is 10.5. The third-order valence-corrected chi connectivity index (χ3v) is 1.67. The molecule has 0 amide bonds. The minimum atomic E-state index is -0.909. The second-order valence-electron chi connectivity index (χ2n) is 2.44. The molecule has 60 valence electrons. The zero-order valence-electron chi connectivity index (χ0n) is 6.09. The zero-order chi connectivity index (χ0) is 8.55. The second kappa shape index (κ2) is 2.52. The summed E-state index contributed by atoms with van der Waals surface area (Å²) in [5, 5.41) is 0.220. The van der Waals surface area contributed by atoms with E-state index in [9.17, 15) is 8.78 Å². The molecule has 0 aliphatic rings. The predicted molar refractivity (Wildman–Crippen MR) is 41.7 cm³/mol. The lowest BCUT2D eigenvalue weighted by atomic mass is 10.2. The van der Waals surface area contributed by atoms with Crippen molar-refractivity contribution in [3.05, 3.63) is 42.1 Å². The van der Waals surface area contributed by atoms with Crippen molar-refractivity contribution in [2.24, 2.45) is 0 Å². The van der Waals surface area contributed by atoms with Crippen molar-refractivity contribution in [1.29, 1.82) is 0 Å². The van der Waals surface area contributed by atoms with E-state index in [1.165, 1.54) is 6.07 Å². The molecule has 3 heteroatoms. The molecule has 0 N–H and O–H groups in total. The van der Waals surface area contributed by atoms with Crippen LogP contribution < -0.4 is 0 Å². The Bertz CT molecular complexity index is 426. The van der Waals surface area contributed by atoms with E-state index < -0.39 is 11.6 Å². The Morgan fingerprint density at radius 1 is 1.08 bits per heavy atom. The third-order valence-electron chi connectivity index (χ3n) is 1.67. The fraction of sp³-hybridized carbons (Fsp3) is 0. The number of aromatic nitrogens is 1. The maximum absolute atomic E-state index is 13.0. The van der Waals surface area contributed by atoms with E-state index in [4.69, 9.17) is 0 Å². The molecule has 12 heavy (non-hydrogen) atoms. The quantitative estimate of drug-likeness (QED) is 0.584. The molecule has 0 saturated heterocycles. The van der Waals surface area contributed by atoms with E-state index in [0.29, 0.717) is 5.52 Å². The molecular formula is C9H5F2N. The van der Waals surface area contributed by atoms with Crippen LogP contribution >= 0.6 is 0 Å². The van der Waals surface area contributed by atoms with Crippen molar-refractivity contribution in [3.8, 4) is 0 Å². The Balaban J connectivity index is 2.91. The number of pyridine rings is 1. The summed E-state index contributed by atoms with van der Waals surface area (Å²) in [4.78, 5) is 3.73. The summed E-state index contributed by atoms with van der Waals surface area (Å²) in [7, 11) is 0. The van der Waals surface area contributed by atoms with E-state index in [1.807, 2.05) is 0 Å². The number of hydrogen-bond donors (Lipinski definition) is 0. The number of nitrogens with zero attached hydrogens (tertiary/aromatic N) is 1. The molecule has 0 spiro atoms. The van der Waals surface area contributed by atoms with Crippen LogP contribution in [0.4, 0.5) is 8.78 Å². The first-order chi connectivity index (χ1) is 5.79. The van der Waals surface area contributed by atoms with E-state index >= 15 is 0 Å². The van der Waals surface area contributed by atoms with Crippen LogP contribution in [-0.2, 0) is 0 Å². The fourth-order valence-corrected chi connectivity index (χ4v) is 1.08. The van der Waals surface area contributed by atoms with Gasteiger partial charge in [-0.1, -0.05) is 12.1 Å². The highest BCUT2D eigenvalue weighted by Gasteiger charge is 2.05. The van der Waals surface area contributed by atoms with Gasteiger partial charge in [0.15, 0.2) is 11.6 Å². The topological polar surface area (TPSA) is 12.9 Å². The van der Waals surface area contributed by atoms with Gasteiger partial charge in [-0.2, -0.15) is 0 Å². The molecule has 1 aromatic heterocycles. The van der Waals surface area contributed by atoms with Crippen molar-refractivity contribution in [2.75, 3.05) is 0 Å². The molecule has 1 heterocycles. The smallest absolute Gasteiger partial charge is 0.177 e. The maximum Gasteiger partial charge on any atom is 0.177 e. The van der Waals surface area contributed by atoms with Gasteiger partial charge in [-0.3, -0.25) is 4.98 Å². The number of fused-ring (bicyclic) bond motifs is 1. The van der Waals surface area contributed by atoms with E-state index in [0.717, 1.165) is 6.20 Å². The SMILES string of the molecule is Fc1cnc2ccccc2c1F. The Hall–Kier alpha value is -1.51. The average molecular weight is 165 g/mol. The van der Waals surface area contributed by atoms with Gasteiger partial charge in [0.05, 0.1) is 11.7 Å². The Morgan fingerprint density at radius 3 is 2.67 bits per heavy atom. The molecule has 0 fully saturated rings. The van der Waals surface area contributed by atoms with Crippen LogP contribution in [0.15, 0.2) is 30.5 Å². The van der Waals surface area contributed by atoms with Gasteiger partial charge >= 0.3 is 0 Å². The van der Waals surface area contributed by atoms with Gasteiger partial charge in [0.25, 0.3) is 0 Å². The predicted octanol–water partition coefficient (Wildman–Crippen LogP) is 2.51. The van der Waals surface area contributed by atoms with Crippen LogP contribution in [0.3, 0.4) is 0 Å². The van der Waals surface area contributed by atoms with Gasteiger partial charge in [0.2, 0.25) is 0 Å². The highest BCUT2D eigenvalue weighted by Crippen LogP contribution is 2.16. The number of rotatable bonds is 0. The highest BCUT2D eigenvalue weighted by molar-refractivity contribution is 5.78. The van der Waals surface area contributed by atoms with Gasteiger partial charge in [0, 0.05) is 5.39 Å². The molecule has 0 radical (unpaired) electrons. The monoisotopic (exact) mass is 165 g/mol.